The van der Waals surface area contributed by atoms with Gasteiger partial charge in [-0.1, -0.05) is 11.6 Å². The monoisotopic (exact) mass is 276 g/mol. The molecule has 0 N–H and O–H groups in total. The molecule has 0 unspecified atom stereocenters. The van der Waals surface area contributed by atoms with Crippen molar-refractivity contribution < 1.29 is 4.79 Å². The molecule has 98 valence electrons. The van der Waals surface area contributed by atoms with Crippen LogP contribution in [-0.4, -0.2) is 38.9 Å². The topological polar surface area (TPSA) is 51.0 Å². The molecule has 1 aliphatic rings. The molecule has 2 heterocycles. The molecule has 1 aliphatic heterocycles. The number of halogens is 1. The van der Waals surface area contributed by atoms with E-state index >= 15 is 0 Å². The number of benzene rings is 1. The summed E-state index contributed by atoms with van der Waals surface area (Å²) in [4.78, 5) is 15.8. The number of carbonyl (C=O) groups is 1. The van der Waals surface area contributed by atoms with Crippen LogP contribution >= 0.6 is 11.6 Å². The molecule has 1 fully saturated rings. The van der Waals surface area contributed by atoms with Crippen LogP contribution < -0.4 is 0 Å². The fourth-order valence-electron chi connectivity index (χ4n) is 2.30. The van der Waals surface area contributed by atoms with Gasteiger partial charge in [-0.2, -0.15) is 15.0 Å². The lowest BCUT2D eigenvalue weighted by molar-refractivity contribution is 0.0786. The van der Waals surface area contributed by atoms with Gasteiger partial charge >= 0.3 is 0 Å². The first-order chi connectivity index (χ1) is 9.24. The van der Waals surface area contributed by atoms with Gasteiger partial charge < -0.3 is 4.90 Å². The molecule has 0 bridgehead atoms. The summed E-state index contributed by atoms with van der Waals surface area (Å²) in [5.41, 5.74) is 0.665. The van der Waals surface area contributed by atoms with E-state index < -0.39 is 0 Å². The van der Waals surface area contributed by atoms with Gasteiger partial charge in [-0.25, -0.2) is 0 Å². The van der Waals surface area contributed by atoms with Gasteiger partial charge in [0.15, 0.2) is 0 Å². The number of nitrogens with zero attached hydrogens (tertiary/aromatic N) is 4. The molecule has 19 heavy (non-hydrogen) atoms. The number of likely N-dealkylation sites (tertiary alicyclic amines) is 1. The van der Waals surface area contributed by atoms with Crippen molar-refractivity contribution in [2.24, 2.45) is 0 Å². The molecule has 0 radical (unpaired) electrons. The van der Waals surface area contributed by atoms with Crippen molar-refractivity contribution in [2.75, 3.05) is 13.1 Å². The molecule has 0 aliphatic carbocycles. The summed E-state index contributed by atoms with van der Waals surface area (Å²) < 4.78 is 0. The average molecular weight is 277 g/mol. The van der Waals surface area contributed by atoms with E-state index in [2.05, 4.69) is 10.2 Å². The minimum Gasteiger partial charge on any atom is -0.336 e. The molecule has 0 spiro atoms. The summed E-state index contributed by atoms with van der Waals surface area (Å²) in [5.74, 6) is 0.0336. The highest BCUT2D eigenvalue weighted by Gasteiger charge is 2.28. The SMILES string of the molecule is O=C(c1ccc(Cl)cc1)N1CC[C@@H](n2nccn2)C1. The highest BCUT2D eigenvalue weighted by molar-refractivity contribution is 6.30. The van der Waals surface area contributed by atoms with Gasteiger partial charge in [-0.05, 0) is 30.7 Å². The fourth-order valence-corrected chi connectivity index (χ4v) is 2.43. The van der Waals surface area contributed by atoms with Crippen LogP contribution in [-0.2, 0) is 0 Å². The molecule has 1 saturated heterocycles. The van der Waals surface area contributed by atoms with Crippen molar-refractivity contribution in [3.05, 3.63) is 47.2 Å². The Morgan fingerprint density at radius 2 is 1.89 bits per heavy atom. The molecule has 1 aromatic carbocycles. The van der Waals surface area contributed by atoms with E-state index in [1.54, 1.807) is 41.5 Å². The fraction of sp³-hybridized carbons (Fsp3) is 0.308. The number of rotatable bonds is 2. The molecule has 1 amide bonds. The second-order valence-corrected chi connectivity index (χ2v) is 4.99. The quantitative estimate of drug-likeness (QED) is 0.843. The van der Waals surface area contributed by atoms with Crippen molar-refractivity contribution in [1.29, 1.82) is 0 Å². The lowest BCUT2D eigenvalue weighted by Crippen LogP contribution is -2.29. The Morgan fingerprint density at radius 3 is 2.58 bits per heavy atom. The zero-order chi connectivity index (χ0) is 13.2. The molecule has 1 aromatic heterocycles. The summed E-state index contributed by atoms with van der Waals surface area (Å²) >= 11 is 5.82. The third kappa shape index (κ3) is 2.46. The van der Waals surface area contributed by atoms with Crippen molar-refractivity contribution in [2.45, 2.75) is 12.5 Å². The maximum Gasteiger partial charge on any atom is 0.253 e. The minimum atomic E-state index is 0.0336. The molecular formula is C13H13ClN4O. The van der Waals surface area contributed by atoms with Crippen LogP contribution in [0, 0.1) is 0 Å². The molecule has 3 rings (SSSR count). The Bertz CT molecular complexity index is 567. The van der Waals surface area contributed by atoms with Crippen molar-refractivity contribution in [3.63, 3.8) is 0 Å². The van der Waals surface area contributed by atoms with Gasteiger partial charge in [0, 0.05) is 23.7 Å². The Labute approximate surface area is 115 Å². The van der Waals surface area contributed by atoms with E-state index in [1.807, 2.05) is 4.90 Å². The van der Waals surface area contributed by atoms with E-state index in [1.165, 1.54) is 0 Å². The first kappa shape index (κ1) is 12.2. The Balaban J connectivity index is 1.71. The Kier molecular flexibility index (Phi) is 3.21. The lowest BCUT2D eigenvalue weighted by Gasteiger charge is -2.16. The van der Waals surface area contributed by atoms with Gasteiger partial charge in [0.05, 0.1) is 18.4 Å². The van der Waals surface area contributed by atoms with Gasteiger partial charge in [-0.3, -0.25) is 4.79 Å². The third-order valence-corrected chi connectivity index (χ3v) is 3.56. The van der Waals surface area contributed by atoms with Crippen molar-refractivity contribution >= 4 is 17.5 Å². The lowest BCUT2D eigenvalue weighted by atomic mass is 10.2. The second kappa shape index (κ2) is 5.01. The maximum atomic E-state index is 12.3. The maximum absolute atomic E-state index is 12.3. The van der Waals surface area contributed by atoms with Gasteiger partial charge in [0.2, 0.25) is 0 Å². The molecule has 1 atom stereocenters. The van der Waals surface area contributed by atoms with Crippen LogP contribution in [0.1, 0.15) is 22.8 Å². The smallest absolute Gasteiger partial charge is 0.253 e. The van der Waals surface area contributed by atoms with E-state index in [9.17, 15) is 4.79 Å². The highest BCUT2D eigenvalue weighted by atomic mass is 35.5. The highest BCUT2D eigenvalue weighted by Crippen LogP contribution is 2.22. The van der Waals surface area contributed by atoms with E-state index in [0.29, 0.717) is 17.1 Å². The summed E-state index contributed by atoms with van der Waals surface area (Å²) in [6, 6.07) is 7.15. The van der Waals surface area contributed by atoms with Gasteiger partial charge in [0.25, 0.3) is 5.91 Å². The summed E-state index contributed by atoms with van der Waals surface area (Å²) in [6.45, 7) is 1.38. The average Bonchev–Trinajstić information content (AvgIpc) is 3.10. The first-order valence-corrected chi connectivity index (χ1v) is 6.52. The van der Waals surface area contributed by atoms with Crippen molar-refractivity contribution in [3.8, 4) is 0 Å². The number of amides is 1. The predicted octanol–water partition coefficient (Wildman–Crippen LogP) is 2.02. The van der Waals surface area contributed by atoms with Gasteiger partial charge in [-0.15, -0.1) is 0 Å². The normalized spacial score (nSPS) is 18.8. The zero-order valence-corrected chi connectivity index (χ0v) is 11.0. The third-order valence-electron chi connectivity index (χ3n) is 3.30. The van der Waals surface area contributed by atoms with Crippen LogP contribution in [0.4, 0.5) is 0 Å². The van der Waals surface area contributed by atoms with Crippen LogP contribution in [0.3, 0.4) is 0 Å². The Hall–Kier alpha value is -1.88. The molecule has 5 nitrogen and oxygen atoms in total. The van der Waals surface area contributed by atoms with E-state index in [0.717, 1.165) is 13.0 Å². The number of hydrogen-bond acceptors (Lipinski definition) is 3. The number of hydrogen-bond donors (Lipinski definition) is 0. The molecular weight excluding hydrogens is 264 g/mol. The first-order valence-electron chi connectivity index (χ1n) is 6.14. The summed E-state index contributed by atoms with van der Waals surface area (Å²) in [7, 11) is 0. The van der Waals surface area contributed by atoms with Crippen LogP contribution in [0.2, 0.25) is 5.02 Å². The minimum absolute atomic E-state index is 0.0336. The van der Waals surface area contributed by atoms with E-state index in [4.69, 9.17) is 11.6 Å². The second-order valence-electron chi connectivity index (χ2n) is 4.55. The molecule has 6 heteroatoms. The standard InChI is InChI=1S/C13H13ClN4O/c14-11-3-1-10(2-4-11)13(19)17-8-5-12(9-17)18-15-6-7-16-18/h1-4,6-7,12H,5,8-9H2/t12-/m1/s1. The zero-order valence-electron chi connectivity index (χ0n) is 10.2. The largest absolute Gasteiger partial charge is 0.336 e. The molecule has 0 saturated carbocycles. The number of carbonyl (C=O) groups excluding carboxylic acids is 1. The Morgan fingerprint density at radius 1 is 1.21 bits per heavy atom. The predicted molar refractivity (Wildman–Crippen MR) is 71.0 cm³/mol. The summed E-state index contributed by atoms with van der Waals surface area (Å²) in [6.07, 6.45) is 4.20. The van der Waals surface area contributed by atoms with Gasteiger partial charge in [0.1, 0.15) is 0 Å². The van der Waals surface area contributed by atoms with Crippen LogP contribution in [0.15, 0.2) is 36.7 Å². The molecule has 2 aromatic rings. The van der Waals surface area contributed by atoms with E-state index in [-0.39, 0.29) is 11.9 Å². The van der Waals surface area contributed by atoms with Crippen LogP contribution in [0.25, 0.3) is 0 Å². The van der Waals surface area contributed by atoms with Crippen molar-refractivity contribution in [1.82, 2.24) is 19.9 Å². The van der Waals surface area contributed by atoms with Crippen LogP contribution in [0.5, 0.6) is 0 Å². The number of aromatic nitrogens is 3. The summed E-state index contributed by atoms with van der Waals surface area (Å²) in [5, 5.41) is 8.89.